The minimum Gasteiger partial charge on any atom is -0.486 e. The minimum absolute atomic E-state index is 0.0244. The summed E-state index contributed by atoms with van der Waals surface area (Å²) < 4.78 is 24.6. The first kappa shape index (κ1) is 15.0. The van der Waals surface area contributed by atoms with Gasteiger partial charge >= 0.3 is 5.63 Å². The van der Waals surface area contributed by atoms with E-state index in [0.717, 1.165) is 6.42 Å². The number of hydrogen-bond acceptors (Lipinski definition) is 3. The molecular formula is C17H17FO3. The van der Waals surface area contributed by atoms with Crippen LogP contribution in [0.1, 0.15) is 19.1 Å². The highest BCUT2D eigenvalue weighted by atomic mass is 19.1. The summed E-state index contributed by atoms with van der Waals surface area (Å²) in [5.74, 6) is -0.121. The lowest BCUT2D eigenvalue weighted by Crippen LogP contribution is -2.06. The number of rotatable bonds is 6. The van der Waals surface area contributed by atoms with Gasteiger partial charge in [-0.3, -0.25) is 0 Å². The van der Waals surface area contributed by atoms with Crippen LogP contribution in [0.2, 0.25) is 0 Å². The lowest BCUT2D eigenvalue weighted by Gasteiger charge is -2.07. The molecule has 0 N–H and O–H groups in total. The Hall–Kier alpha value is -2.36. The van der Waals surface area contributed by atoms with Gasteiger partial charge in [-0.05, 0) is 30.9 Å². The van der Waals surface area contributed by atoms with Gasteiger partial charge < -0.3 is 9.15 Å². The number of fused-ring (bicyclic) bond motifs is 1. The normalized spacial score (nSPS) is 11.1. The standard InChI is InChI=1S/C17H17FO3/c1-3-5-6-7-13-11-12-8-9-14(20-10-4-2)16(18)15(12)17(19)21-13/h3-5,8-9,11H,2,6-7,10H2,1H3/b5-3+. The summed E-state index contributed by atoms with van der Waals surface area (Å²) in [4.78, 5) is 12.0. The molecule has 0 unspecified atom stereocenters. The van der Waals surface area contributed by atoms with Crippen molar-refractivity contribution in [3.63, 3.8) is 0 Å². The third-order valence-electron chi connectivity index (χ3n) is 3.03. The summed E-state index contributed by atoms with van der Waals surface area (Å²) >= 11 is 0. The first-order valence-electron chi connectivity index (χ1n) is 6.77. The molecule has 0 aliphatic carbocycles. The van der Waals surface area contributed by atoms with Gasteiger partial charge in [0, 0.05) is 6.42 Å². The Morgan fingerprint density at radius 1 is 1.43 bits per heavy atom. The van der Waals surface area contributed by atoms with Crippen molar-refractivity contribution in [2.75, 3.05) is 6.61 Å². The van der Waals surface area contributed by atoms with E-state index in [2.05, 4.69) is 6.58 Å². The average molecular weight is 288 g/mol. The zero-order chi connectivity index (χ0) is 15.2. The number of hydrogen-bond donors (Lipinski definition) is 0. The van der Waals surface area contributed by atoms with Crippen LogP contribution in [0.15, 0.2) is 52.2 Å². The summed E-state index contributed by atoms with van der Waals surface area (Å²) in [6, 6.07) is 4.86. The smallest absolute Gasteiger partial charge is 0.346 e. The van der Waals surface area contributed by atoms with E-state index >= 15 is 0 Å². The molecule has 110 valence electrons. The zero-order valence-corrected chi connectivity index (χ0v) is 11.9. The molecule has 0 saturated carbocycles. The quantitative estimate of drug-likeness (QED) is 0.754. The number of allylic oxidation sites excluding steroid dienone is 2. The van der Waals surface area contributed by atoms with Crippen molar-refractivity contribution < 1.29 is 13.5 Å². The molecule has 21 heavy (non-hydrogen) atoms. The van der Waals surface area contributed by atoms with Gasteiger partial charge in [-0.15, -0.1) is 0 Å². The first-order chi connectivity index (χ1) is 10.2. The first-order valence-corrected chi connectivity index (χ1v) is 6.77. The van der Waals surface area contributed by atoms with E-state index in [9.17, 15) is 9.18 Å². The van der Waals surface area contributed by atoms with Crippen molar-refractivity contribution >= 4 is 10.8 Å². The Bertz CT molecular complexity index is 729. The van der Waals surface area contributed by atoms with Gasteiger partial charge in [0.25, 0.3) is 0 Å². The van der Waals surface area contributed by atoms with Crippen LogP contribution >= 0.6 is 0 Å². The Balaban J connectivity index is 2.42. The molecule has 0 amide bonds. The molecule has 0 bridgehead atoms. The van der Waals surface area contributed by atoms with E-state index in [1.54, 1.807) is 12.1 Å². The Kier molecular flexibility index (Phi) is 4.93. The Morgan fingerprint density at radius 2 is 2.24 bits per heavy atom. The van der Waals surface area contributed by atoms with E-state index in [0.29, 0.717) is 17.6 Å². The van der Waals surface area contributed by atoms with Gasteiger partial charge in [0.05, 0.1) is 0 Å². The second-order valence-electron chi connectivity index (χ2n) is 4.55. The summed E-state index contributed by atoms with van der Waals surface area (Å²) in [5, 5.41) is 0.441. The minimum atomic E-state index is -0.692. The van der Waals surface area contributed by atoms with E-state index in [-0.39, 0.29) is 17.7 Å². The third kappa shape index (κ3) is 3.40. The van der Waals surface area contributed by atoms with Crippen LogP contribution in [-0.2, 0) is 6.42 Å². The Labute approximate surface area is 122 Å². The van der Waals surface area contributed by atoms with Crippen LogP contribution in [0.5, 0.6) is 5.75 Å². The van der Waals surface area contributed by atoms with Crippen LogP contribution in [0.25, 0.3) is 10.8 Å². The molecule has 1 heterocycles. The van der Waals surface area contributed by atoms with Gasteiger partial charge in [-0.2, -0.15) is 0 Å². The van der Waals surface area contributed by atoms with Crippen molar-refractivity contribution in [2.24, 2.45) is 0 Å². The molecule has 0 radical (unpaired) electrons. The maximum atomic E-state index is 14.3. The zero-order valence-electron chi connectivity index (χ0n) is 11.9. The second-order valence-corrected chi connectivity index (χ2v) is 4.55. The van der Waals surface area contributed by atoms with E-state index in [1.165, 1.54) is 12.1 Å². The van der Waals surface area contributed by atoms with Crippen LogP contribution < -0.4 is 10.4 Å². The largest absolute Gasteiger partial charge is 0.486 e. The fourth-order valence-electron chi connectivity index (χ4n) is 2.05. The predicted octanol–water partition coefficient (Wildman–Crippen LogP) is 4.01. The highest BCUT2D eigenvalue weighted by Crippen LogP contribution is 2.25. The van der Waals surface area contributed by atoms with Gasteiger partial charge in [-0.1, -0.05) is 30.9 Å². The molecule has 0 aliphatic heterocycles. The van der Waals surface area contributed by atoms with E-state index in [1.807, 2.05) is 19.1 Å². The molecule has 0 fully saturated rings. The van der Waals surface area contributed by atoms with Gasteiger partial charge in [0.15, 0.2) is 11.6 Å². The van der Waals surface area contributed by atoms with Crippen LogP contribution in [0.3, 0.4) is 0 Å². The molecule has 1 aromatic heterocycles. The summed E-state index contributed by atoms with van der Waals surface area (Å²) in [5.41, 5.74) is -0.676. The molecule has 1 aromatic carbocycles. The lowest BCUT2D eigenvalue weighted by atomic mass is 10.1. The highest BCUT2D eigenvalue weighted by Gasteiger charge is 2.14. The fourth-order valence-corrected chi connectivity index (χ4v) is 2.05. The maximum Gasteiger partial charge on any atom is 0.346 e. The van der Waals surface area contributed by atoms with Crippen molar-refractivity contribution in [1.82, 2.24) is 0 Å². The third-order valence-corrected chi connectivity index (χ3v) is 3.03. The molecule has 0 spiro atoms. The van der Waals surface area contributed by atoms with Gasteiger partial charge in [0.2, 0.25) is 0 Å². The van der Waals surface area contributed by atoms with Crippen molar-refractivity contribution in [1.29, 1.82) is 0 Å². The van der Waals surface area contributed by atoms with Crippen LogP contribution in [0, 0.1) is 5.82 Å². The molecule has 4 heteroatoms. The van der Waals surface area contributed by atoms with Crippen LogP contribution in [-0.4, -0.2) is 6.61 Å². The molecule has 2 rings (SSSR count). The lowest BCUT2D eigenvalue weighted by molar-refractivity contribution is 0.343. The summed E-state index contributed by atoms with van der Waals surface area (Å²) in [6.45, 7) is 5.60. The monoisotopic (exact) mass is 288 g/mol. The summed E-state index contributed by atoms with van der Waals surface area (Å²) in [6.07, 6.45) is 6.80. The molecule has 0 atom stereocenters. The second kappa shape index (κ2) is 6.88. The molecule has 0 aliphatic rings. The SMILES string of the molecule is C=CCOc1ccc2cc(CC/C=C/C)oc(=O)c2c1F. The van der Waals surface area contributed by atoms with Crippen molar-refractivity contribution in [3.8, 4) is 5.75 Å². The maximum absolute atomic E-state index is 14.3. The van der Waals surface area contributed by atoms with Crippen molar-refractivity contribution in [2.45, 2.75) is 19.8 Å². The number of benzene rings is 1. The molecular weight excluding hydrogens is 271 g/mol. The molecule has 2 aromatic rings. The summed E-state index contributed by atoms with van der Waals surface area (Å²) in [7, 11) is 0. The van der Waals surface area contributed by atoms with Crippen molar-refractivity contribution in [3.05, 3.63) is 65.0 Å². The number of ether oxygens (including phenoxy) is 1. The molecule has 0 saturated heterocycles. The highest BCUT2D eigenvalue weighted by molar-refractivity contribution is 5.83. The number of aryl methyl sites for hydroxylation is 1. The van der Waals surface area contributed by atoms with Gasteiger partial charge in [0.1, 0.15) is 17.8 Å². The predicted molar refractivity (Wildman–Crippen MR) is 81.3 cm³/mol. The average Bonchev–Trinajstić information content (AvgIpc) is 2.46. The topological polar surface area (TPSA) is 39.4 Å². The van der Waals surface area contributed by atoms with Crippen LogP contribution in [0.4, 0.5) is 4.39 Å². The Morgan fingerprint density at radius 3 is 2.95 bits per heavy atom. The molecule has 3 nitrogen and oxygen atoms in total. The van der Waals surface area contributed by atoms with E-state index < -0.39 is 11.4 Å². The number of halogens is 1. The van der Waals surface area contributed by atoms with Gasteiger partial charge in [-0.25, -0.2) is 9.18 Å². The fraction of sp³-hybridized carbons (Fsp3) is 0.235. The van der Waals surface area contributed by atoms with E-state index in [4.69, 9.17) is 9.15 Å².